The van der Waals surface area contributed by atoms with Gasteiger partial charge in [-0.15, -0.1) is 0 Å². The zero-order valence-corrected chi connectivity index (χ0v) is 12.0. The number of nitrogens with one attached hydrogen (secondary N) is 1. The average Bonchev–Trinajstić information content (AvgIpc) is 2.30. The molecule has 0 heterocycles. The monoisotopic (exact) mass is 290 g/mol. The summed E-state index contributed by atoms with van der Waals surface area (Å²) < 4.78 is 40.3. The molecule has 0 aliphatic heterocycles. The number of nitrogens with two attached hydrogens (primary N) is 1. The number of sulfonamides is 1. The van der Waals surface area contributed by atoms with Crippen LogP contribution in [0.1, 0.15) is 19.4 Å². The van der Waals surface area contributed by atoms with Crippen molar-refractivity contribution in [2.75, 3.05) is 12.3 Å². The molecule has 1 atom stereocenters. The van der Waals surface area contributed by atoms with E-state index in [9.17, 15) is 12.8 Å². The maximum Gasteiger partial charge on any atom is 0.241 e. The van der Waals surface area contributed by atoms with Gasteiger partial charge in [0.05, 0.1) is 11.5 Å². The molecule has 108 valence electrons. The van der Waals surface area contributed by atoms with Crippen LogP contribution < -0.4 is 10.5 Å². The third kappa shape index (κ3) is 3.65. The Balaban J connectivity index is 3.21. The molecule has 19 heavy (non-hydrogen) atoms. The van der Waals surface area contributed by atoms with Crippen LogP contribution in [0.3, 0.4) is 0 Å². The van der Waals surface area contributed by atoms with Crippen LogP contribution in [-0.2, 0) is 10.0 Å². The Morgan fingerprint density at radius 2 is 2.00 bits per heavy atom. The summed E-state index contributed by atoms with van der Waals surface area (Å²) in [5.41, 5.74) is 5.50. The number of halogens is 1. The quantitative estimate of drug-likeness (QED) is 0.706. The predicted molar refractivity (Wildman–Crippen MR) is 71.6 cm³/mol. The number of anilines is 1. The number of hydrogen-bond acceptors (Lipinski definition) is 4. The number of aliphatic hydroxyl groups is 1. The molecule has 0 saturated carbocycles. The van der Waals surface area contributed by atoms with Crippen molar-refractivity contribution < 1.29 is 17.9 Å². The summed E-state index contributed by atoms with van der Waals surface area (Å²) in [4.78, 5) is -0.205. The number of benzene rings is 1. The largest absolute Gasteiger partial charge is 0.399 e. The van der Waals surface area contributed by atoms with Crippen molar-refractivity contribution in [2.24, 2.45) is 5.92 Å². The van der Waals surface area contributed by atoms with Crippen LogP contribution in [0.4, 0.5) is 10.1 Å². The summed E-state index contributed by atoms with van der Waals surface area (Å²) in [7, 11) is -3.92. The van der Waals surface area contributed by atoms with Gasteiger partial charge in [-0.3, -0.25) is 0 Å². The van der Waals surface area contributed by atoms with E-state index in [2.05, 4.69) is 4.72 Å². The predicted octanol–water partition coefficient (Wildman–Crippen LogP) is 1.01. The van der Waals surface area contributed by atoms with Gasteiger partial charge in [0.25, 0.3) is 0 Å². The molecule has 4 N–H and O–H groups in total. The van der Waals surface area contributed by atoms with Crippen LogP contribution in [-0.4, -0.2) is 26.2 Å². The Morgan fingerprint density at radius 1 is 1.42 bits per heavy atom. The molecule has 0 aromatic heterocycles. The molecule has 0 aliphatic rings. The van der Waals surface area contributed by atoms with E-state index in [-0.39, 0.29) is 28.7 Å². The smallest absolute Gasteiger partial charge is 0.241 e. The summed E-state index contributed by atoms with van der Waals surface area (Å²) in [6, 6.07) is 1.64. The highest BCUT2D eigenvalue weighted by Crippen LogP contribution is 2.22. The van der Waals surface area contributed by atoms with E-state index in [4.69, 9.17) is 10.8 Å². The first-order valence-corrected chi connectivity index (χ1v) is 7.36. The molecule has 5 nitrogen and oxygen atoms in total. The zero-order valence-electron chi connectivity index (χ0n) is 11.1. The van der Waals surface area contributed by atoms with Crippen molar-refractivity contribution in [3.05, 3.63) is 23.5 Å². The van der Waals surface area contributed by atoms with Crippen molar-refractivity contribution in [1.82, 2.24) is 4.72 Å². The minimum atomic E-state index is -3.92. The van der Waals surface area contributed by atoms with E-state index in [1.54, 1.807) is 13.8 Å². The molecule has 0 bridgehead atoms. The molecule has 1 unspecified atom stereocenters. The summed E-state index contributed by atoms with van der Waals surface area (Å²) in [6.07, 6.45) is 0. The van der Waals surface area contributed by atoms with Gasteiger partial charge >= 0.3 is 0 Å². The van der Waals surface area contributed by atoms with Crippen LogP contribution in [0, 0.1) is 18.7 Å². The van der Waals surface area contributed by atoms with Crippen LogP contribution in [0.5, 0.6) is 0 Å². The Bertz CT molecular complexity index is 558. The minimum Gasteiger partial charge on any atom is -0.399 e. The van der Waals surface area contributed by atoms with Crippen molar-refractivity contribution in [3.63, 3.8) is 0 Å². The number of hydrogen-bond donors (Lipinski definition) is 3. The molecule has 0 aliphatic carbocycles. The molecule has 7 heteroatoms. The second-order valence-electron chi connectivity index (χ2n) is 4.78. The molecule has 0 saturated heterocycles. The lowest BCUT2D eigenvalue weighted by Gasteiger charge is -2.20. The van der Waals surface area contributed by atoms with E-state index in [1.165, 1.54) is 13.0 Å². The fourth-order valence-electron chi connectivity index (χ4n) is 1.60. The Kier molecular flexibility index (Phi) is 4.89. The lowest BCUT2D eigenvalue weighted by atomic mass is 10.1. The second kappa shape index (κ2) is 5.85. The average molecular weight is 290 g/mol. The lowest BCUT2D eigenvalue weighted by Crippen LogP contribution is -2.41. The van der Waals surface area contributed by atoms with Crippen molar-refractivity contribution in [1.29, 1.82) is 0 Å². The van der Waals surface area contributed by atoms with Gasteiger partial charge in [-0.1, -0.05) is 13.8 Å². The third-order valence-corrected chi connectivity index (χ3v) is 4.53. The molecule has 0 spiro atoms. The summed E-state index contributed by atoms with van der Waals surface area (Å²) in [6.45, 7) is 4.58. The highest BCUT2D eigenvalue weighted by Gasteiger charge is 2.24. The first-order valence-electron chi connectivity index (χ1n) is 5.88. The number of nitrogen functional groups attached to an aromatic ring is 1. The van der Waals surface area contributed by atoms with Gasteiger partial charge in [0.2, 0.25) is 10.0 Å². The van der Waals surface area contributed by atoms with Gasteiger partial charge in [-0.2, -0.15) is 0 Å². The molecule has 0 fully saturated rings. The summed E-state index contributed by atoms with van der Waals surface area (Å²) in [5, 5.41) is 9.16. The van der Waals surface area contributed by atoms with E-state index in [0.29, 0.717) is 0 Å². The fourth-order valence-corrected chi connectivity index (χ4v) is 3.26. The summed E-state index contributed by atoms with van der Waals surface area (Å²) in [5.74, 6) is -0.767. The van der Waals surface area contributed by atoms with Gasteiger partial charge in [-0.05, 0) is 25.0 Å². The van der Waals surface area contributed by atoms with Crippen molar-refractivity contribution >= 4 is 15.7 Å². The molecular formula is C12H19FN2O3S. The first kappa shape index (κ1) is 15.9. The Hall–Kier alpha value is -1.18. The summed E-state index contributed by atoms with van der Waals surface area (Å²) >= 11 is 0. The lowest BCUT2D eigenvalue weighted by molar-refractivity contribution is 0.227. The molecule has 0 amide bonds. The van der Waals surface area contributed by atoms with Crippen LogP contribution >= 0.6 is 0 Å². The molecule has 1 aromatic carbocycles. The second-order valence-corrected chi connectivity index (χ2v) is 6.46. The van der Waals surface area contributed by atoms with E-state index in [0.717, 1.165) is 6.07 Å². The molecular weight excluding hydrogens is 271 g/mol. The minimum absolute atomic E-state index is 0.00199. The fraction of sp³-hybridized carbons (Fsp3) is 0.500. The van der Waals surface area contributed by atoms with Crippen LogP contribution in [0.25, 0.3) is 0 Å². The maximum absolute atomic E-state index is 13.5. The SMILES string of the molecule is Cc1c(F)cc(N)cc1S(=O)(=O)NC(CO)C(C)C. The van der Waals surface area contributed by atoms with E-state index in [1.807, 2.05) is 0 Å². The van der Waals surface area contributed by atoms with Gasteiger partial charge in [-0.25, -0.2) is 17.5 Å². The van der Waals surface area contributed by atoms with Crippen molar-refractivity contribution in [3.8, 4) is 0 Å². The highest BCUT2D eigenvalue weighted by molar-refractivity contribution is 7.89. The third-order valence-electron chi connectivity index (χ3n) is 2.92. The van der Waals surface area contributed by atoms with Gasteiger partial charge < -0.3 is 10.8 Å². The van der Waals surface area contributed by atoms with Crippen LogP contribution in [0.2, 0.25) is 0 Å². The van der Waals surface area contributed by atoms with Gasteiger partial charge in [0.1, 0.15) is 5.82 Å². The molecule has 1 rings (SSSR count). The van der Waals surface area contributed by atoms with Crippen molar-refractivity contribution in [2.45, 2.75) is 31.7 Å². The first-order chi connectivity index (χ1) is 8.69. The highest BCUT2D eigenvalue weighted by atomic mass is 32.2. The van der Waals surface area contributed by atoms with Crippen LogP contribution in [0.15, 0.2) is 17.0 Å². The number of rotatable bonds is 5. The Labute approximate surface area is 112 Å². The topological polar surface area (TPSA) is 92.4 Å². The zero-order chi connectivity index (χ0) is 14.8. The van der Waals surface area contributed by atoms with Gasteiger partial charge in [0.15, 0.2) is 0 Å². The molecule has 0 radical (unpaired) electrons. The Morgan fingerprint density at radius 3 is 2.47 bits per heavy atom. The molecule has 1 aromatic rings. The van der Waals surface area contributed by atoms with E-state index < -0.39 is 21.9 Å². The van der Waals surface area contributed by atoms with Gasteiger partial charge in [0, 0.05) is 17.3 Å². The standard InChI is InChI=1S/C12H19FN2O3S/c1-7(2)11(6-16)15-19(17,18)12-5-9(14)4-10(13)8(12)3/h4-5,7,11,15-16H,6,14H2,1-3H3. The number of aliphatic hydroxyl groups excluding tert-OH is 1. The van der Waals surface area contributed by atoms with E-state index >= 15 is 0 Å². The maximum atomic E-state index is 13.5. The normalized spacial score (nSPS) is 13.8.